The highest BCUT2D eigenvalue weighted by atomic mass is 19.3. The molecule has 0 fully saturated rings. The smallest absolute Gasteiger partial charge is 0.387 e. The van der Waals surface area contributed by atoms with Crippen LogP contribution < -0.4 is 15.0 Å². The number of fused-ring (bicyclic) bond motifs is 2. The molecular formula is C25H18F4N4O3. The molecule has 0 saturated heterocycles. The first-order valence-corrected chi connectivity index (χ1v) is 10.7. The molecule has 0 aliphatic rings. The average molecular weight is 498 g/mol. The third-order valence-corrected chi connectivity index (χ3v) is 5.44. The van der Waals surface area contributed by atoms with E-state index in [-0.39, 0.29) is 22.7 Å². The summed E-state index contributed by atoms with van der Waals surface area (Å²) in [4.78, 5) is 18.1. The molecule has 5 rings (SSSR count). The molecular weight excluding hydrogens is 480 g/mol. The van der Waals surface area contributed by atoms with E-state index in [2.05, 4.69) is 14.8 Å². The second-order valence-corrected chi connectivity index (χ2v) is 7.92. The molecule has 3 aromatic heterocycles. The van der Waals surface area contributed by atoms with Gasteiger partial charge in [-0.1, -0.05) is 12.1 Å². The lowest BCUT2D eigenvalue weighted by atomic mass is 10.0. The van der Waals surface area contributed by atoms with Crippen LogP contribution in [0.2, 0.25) is 0 Å². The number of benzene rings is 2. The molecule has 0 aliphatic heterocycles. The minimum absolute atomic E-state index is 0.0735. The lowest BCUT2D eigenvalue weighted by Crippen LogP contribution is -2.20. The van der Waals surface area contributed by atoms with Gasteiger partial charge in [0.05, 0.1) is 16.6 Å². The molecule has 5 aromatic rings. The highest BCUT2D eigenvalue weighted by Gasteiger charge is 2.17. The summed E-state index contributed by atoms with van der Waals surface area (Å²) in [7, 11) is 1.79. The van der Waals surface area contributed by atoms with Crippen molar-refractivity contribution in [1.82, 2.24) is 19.3 Å². The maximum absolute atomic E-state index is 13.8. The first kappa shape index (κ1) is 23.3. The van der Waals surface area contributed by atoms with Crippen LogP contribution in [0.5, 0.6) is 11.6 Å². The highest BCUT2D eigenvalue weighted by molar-refractivity contribution is 5.93. The van der Waals surface area contributed by atoms with Gasteiger partial charge in [-0.25, -0.2) is 13.8 Å². The maximum Gasteiger partial charge on any atom is 0.387 e. The lowest BCUT2D eigenvalue weighted by molar-refractivity contribution is -0.0498. The number of rotatable bonds is 7. The molecule has 0 bridgehead atoms. The van der Waals surface area contributed by atoms with Gasteiger partial charge in [-0.15, -0.1) is 0 Å². The molecule has 0 aliphatic carbocycles. The zero-order valence-corrected chi connectivity index (χ0v) is 18.7. The van der Waals surface area contributed by atoms with E-state index in [1.165, 1.54) is 34.9 Å². The van der Waals surface area contributed by atoms with Gasteiger partial charge in [0.2, 0.25) is 5.88 Å². The molecule has 36 heavy (non-hydrogen) atoms. The number of alkyl halides is 4. The molecule has 0 atom stereocenters. The summed E-state index contributed by atoms with van der Waals surface area (Å²) in [5.41, 5.74) is 1.61. The van der Waals surface area contributed by atoms with E-state index in [1.807, 2.05) is 12.3 Å². The Hall–Kier alpha value is -4.41. The number of halogens is 4. The molecule has 184 valence electrons. The summed E-state index contributed by atoms with van der Waals surface area (Å²) < 4.78 is 63.0. The monoisotopic (exact) mass is 498 g/mol. The van der Waals surface area contributed by atoms with E-state index in [1.54, 1.807) is 36.1 Å². The molecule has 11 heteroatoms. The van der Waals surface area contributed by atoms with Crippen LogP contribution in [0.4, 0.5) is 17.6 Å². The summed E-state index contributed by atoms with van der Waals surface area (Å²) in [5, 5.41) is 5.70. The van der Waals surface area contributed by atoms with E-state index in [0.717, 1.165) is 10.9 Å². The Kier molecular flexibility index (Phi) is 6.05. The highest BCUT2D eigenvalue weighted by Crippen LogP contribution is 2.29. The van der Waals surface area contributed by atoms with E-state index in [4.69, 9.17) is 4.74 Å². The van der Waals surface area contributed by atoms with Crippen LogP contribution in [0.15, 0.2) is 71.8 Å². The van der Waals surface area contributed by atoms with Crippen LogP contribution in [0.1, 0.15) is 0 Å². The predicted molar refractivity (Wildman–Crippen MR) is 125 cm³/mol. The van der Waals surface area contributed by atoms with Crippen LogP contribution in [0.3, 0.4) is 0 Å². The van der Waals surface area contributed by atoms with Gasteiger partial charge in [0.25, 0.3) is 12.0 Å². The Morgan fingerprint density at radius 1 is 0.944 bits per heavy atom. The first-order valence-electron chi connectivity index (χ1n) is 10.7. The largest absolute Gasteiger partial charge is 0.472 e. The van der Waals surface area contributed by atoms with Crippen molar-refractivity contribution in [3.05, 3.63) is 77.3 Å². The van der Waals surface area contributed by atoms with Crippen molar-refractivity contribution in [3.63, 3.8) is 0 Å². The Labute approximate surface area is 201 Å². The summed E-state index contributed by atoms with van der Waals surface area (Å²) in [5.74, 6) is -0.152. The fourth-order valence-electron chi connectivity index (χ4n) is 3.95. The van der Waals surface area contributed by atoms with Crippen molar-refractivity contribution < 1.29 is 27.0 Å². The standard InChI is InChI=1S/C25H18F4N4O3/c1-32-11-16-10-17(5-8-19(16)31-32)33-12-15-4-9-21(35-13-20(26)27)30-23(15)22(24(33)34)14-2-6-18(7-3-14)36-25(28)29/h2-12,20,25H,13H2,1H3. The topological polar surface area (TPSA) is 71.2 Å². The van der Waals surface area contributed by atoms with Gasteiger partial charge in [0.1, 0.15) is 5.75 Å². The van der Waals surface area contributed by atoms with Crippen LogP contribution in [0.25, 0.3) is 38.6 Å². The van der Waals surface area contributed by atoms with E-state index < -0.39 is 25.2 Å². The molecule has 0 unspecified atom stereocenters. The SMILES string of the molecule is Cn1cc2cc(-n3cc4ccc(OCC(F)F)nc4c(-c4ccc(OC(F)F)cc4)c3=O)ccc2n1. The first-order chi connectivity index (χ1) is 17.3. The molecule has 0 spiro atoms. The number of hydrogen-bond donors (Lipinski definition) is 0. The molecule has 3 heterocycles. The fraction of sp³-hybridized carbons (Fsp3) is 0.160. The molecule has 7 nitrogen and oxygen atoms in total. The van der Waals surface area contributed by atoms with Gasteiger partial charge in [-0.05, 0) is 42.0 Å². The minimum Gasteiger partial charge on any atom is -0.472 e. The number of aryl methyl sites for hydroxylation is 1. The number of ether oxygens (including phenoxy) is 2. The van der Waals surface area contributed by atoms with E-state index in [0.29, 0.717) is 16.6 Å². The quantitative estimate of drug-likeness (QED) is 0.289. The third kappa shape index (κ3) is 4.59. The summed E-state index contributed by atoms with van der Waals surface area (Å²) >= 11 is 0. The number of aromatic nitrogens is 4. The van der Waals surface area contributed by atoms with Crippen LogP contribution >= 0.6 is 0 Å². The lowest BCUT2D eigenvalue weighted by Gasteiger charge is -2.14. The summed E-state index contributed by atoms with van der Waals surface area (Å²) in [6, 6.07) is 13.9. The fourth-order valence-corrected chi connectivity index (χ4v) is 3.95. The van der Waals surface area contributed by atoms with Gasteiger partial charge in [-0.3, -0.25) is 14.0 Å². The number of nitrogens with zero attached hydrogens (tertiary/aromatic N) is 4. The van der Waals surface area contributed by atoms with Crippen molar-refractivity contribution in [1.29, 1.82) is 0 Å². The normalized spacial score (nSPS) is 11.6. The Morgan fingerprint density at radius 2 is 1.72 bits per heavy atom. The van der Waals surface area contributed by atoms with Crippen LogP contribution in [-0.4, -0.2) is 39.0 Å². The van der Waals surface area contributed by atoms with Crippen molar-refractivity contribution >= 4 is 21.8 Å². The third-order valence-electron chi connectivity index (χ3n) is 5.44. The molecule has 0 radical (unpaired) electrons. The molecule has 2 aromatic carbocycles. The maximum atomic E-state index is 13.8. The Morgan fingerprint density at radius 3 is 2.44 bits per heavy atom. The van der Waals surface area contributed by atoms with Crippen molar-refractivity contribution in [2.24, 2.45) is 7.05 Å². The van der Waals surface area contributed by atoms with Gasteiger partial charge in [0.15, 0.2) is 6.61 Å². The molecule has 0 saturated carbocycles. The van der Waals surface area contributed by atoms with Crippen LogP contribution in [0, 0.1) is 0 Å². The Bertz CT molecular complexity index is 1610. The second-order valence-electron chi connectivity index (χ2n) is 7.92. The van der Waals surface area contributed by atoms with Crippen LogP contribution in [-0.2, 0) is 7.05 Å². The van der Waals surface area contributed by atoms with E-state index in [9.17, 15) is 22.4 Å². The molecule has 0 amide bonds. The number of hydrogen-bond acceptors (Lipinski definition) is 5. The Balaban J connectivity index is 1.70. The molecule has 0 N–H and O–H groups in total. The van der Waals surface area contributed by atoms with Crippen molar-refractivity contribution in [2.75, 3.05) is 6.61 Å². The average Bonchev–Trinajstić information content (AvgIpc) is 3.22. The zero-order chi connectivity index (χ0) is 25.4. The van der Waals surface area contributed by atoms with Gasteiger partial charge < -0.3 is 9.47 Å². The van der Waals surface area contributed by atoms with Gasteiger partial charge >= 0.3 is 6.61 Å². The number of pyridine rings is 2. The van der Waals surface area contributed by atoms with Crippen molar-refractivity contribution in [3.8, 4) is 28.4 Å². The second kappa shape index (κ2) is 9.33. The minimum atomic E-state index is -3.00. The van der Waals surface area contributed by atoms with Gasteiger partial charge in [-0.2, -0.15) is 13.9 Å². The zero-order valence-electron chi connectivity index (χ0n) is 18.7. The predicted octanol–water partition coefficient (Wildman–Crippen LogP) is 5.18. The summed E-state index contributed by atoms with van der Waals surface area (Å²) in [6.45, 7) is -3.85. The summed E-state index contributed by atoms with van der Waals surface area (Å²) in [6.07, 6.45) is 0.721. The van der Waals surface area contributed by atoms with Gasteiger partial charge in [0, 0.05) is 42.0 Å². The van der Waals surface area contributed by atoms with E-state index >= 15 is 0 Å². The van der Waals surface area contributed by atoms with Crippen molar-refractivity contribution in [2.45, 2.75) is 13.0 Å².